The van der Waals surface area contributed by atoms with E-state index in [0.717, 1.165) is 6.42 Å². The molecule has 0 heterocycles. The summed E-state index contributed by atoms with van der Waals surface area (Å²) in [5.41, 5.74) is 0.766. The molecule has 0 amide bonds. The van der Waals surface area contributed by atoms with Crippen LogP contribution in [0.25, 0.3) is 0 Å². The van der Waals surface area contributed by atoms with E-state index in [4.69, 9.17) is 0 Å². The van der Waals surface area contributed by atoms with Gasteiger partial charge in [0.2, 0.25) is 0 Å². The highest BCUT2D eigenvalue weighted by molar-refractivity contribution is 5.05. The first-order chi connectivity index (χ1) is 9.30. The van der Waals surface area contributed by atoms with E-state index in [9.17, 15) is 5.11 Å². The third-order valence-corrected chi connectivity index (χ3v) is 4.95. The van der Waals surface area contributed by atoms with Crippen molar-refractivity contribution in [2.45, 2.75) is 88.0 Å². The van der Waals surface area contributed by atoms with Gasteiger partial charge >= 0.3 is 0 Å². The van der Waals surface area contributed by atoms with Crippen LogP contribution in [0.1, 0.15) is 88.0 Å². The van der Waals surface area contributed by atoms with Crippen molar-refractivity contribution < 1.29 is 5.11 Å². The number of hydrogen-bond acceptors (Lipinski definition) is 1. The highest BCUT2D eigenvalue weighted by Gasteiger charge is 2.30. The highest BCUT2D eigenvalue weighted by Crippen LogP contribution is 2.41. The molecule has 0 saturated carbocycles. The van der Waals surface area contributed by atoms with Crippen molar-refractivity contribution in [3.8, 4) is 0 Å². The van der Waals surface area contributed by atoms with Gasteiger partial charge in [0.15, 0.2) is 0 Å². The van der Waals surface area contributed by atoms with Crippen LogP contribution in [0, 0.1) is 21.7 Å². The maximum atomic E-state index is 9.49. The van der Waals surface area contributed by atoms with Crippen LogP contribution in [-0.2, 0) is 0 Å². The monoisotopic (exact) mass is 296 g/mol. The minimum atomic E-state index is -0.0147. The van der Waals surface area contributed by atoms with Crippen LogP contribution in [0.15, 0.2) is 12.2 Å². The van der Waals surface area contributed by atoms with Crippen LogP contribution in [-0.4, -0.2) is 11.7 Å². The first-order valence-electron chi connectivity index (χ1n) is 8.62. The number of aliphatic hydroxyl groups is 1. The lowest BCUT2D eigenvalue weighted by Crippen LogP contribution is -2.26. The van der Waals surface area contributed by atoms with Crippen molar-refractivity contribution >= 4 is 0 Å². The summed E-state index contributed by atoms with van der Waals surface area (Å²) in [7, 11) is 0. The van der Waals surface area contributed by atoms with Gasteiger partial charge in [-0.3, -0.25) is 0 Å². The average Bonchev–Trinajstić information content (AvgIpc) is 2.35. The second kappa shape index (κ2) is 7.31. The molecule has 0 aliphatic carbocycles. The van der Waals surface area contributed by atoms with E-state index in [1.807, 2.05) is 0 Å². The third kappa shape index (κ3) is 8.04. The van der Waals surface area contributed by atoms with E-state index in [1.54, 1.807) is 0 Å². The molecule has 0 aromatic carbocycles. The zero-order valence-corrected chi connectivity index (χ0v) is 16.1. The topological polar surface area (TPSA) is 20.2 Å². The van der Waals surface area contributed by atoms with E-state index in [1.165, 1.54) is 19.3 Å². The molecule has 1 N–H and O–H groups in total. The summed E-state index contributed by atoms with van der Waals surface area (Å²) < 4.78 is 0. The molecule has 1 unspecified atom stereocenters. The van der Waals surface area contributed by atoms with E-state index in [-0.39, 0.29) is 22.9 Å². The zero-order valence-electron chi connectivity index (χ0n) is 16.1. The molecule has 1 atom stereocenters. The fourth-order valence-corrected chi connectivity index (χ4v) is 3.30. The third-order valence-electron chi connectivity index (χ3n) is 4.95. The van der Waals surface area contributed by atoms with Crippen molar-refractivity contribution in [1.82, 2.24) is 0 Å². The Morgan fingerprint density at radius 2 is 1.24 bits per heavy atom. The summed E-state index contributed by atoms with van der Waals surface area (Å²) in [5.74, 6) is 0. The minimum Gasteiger partial charge on any atom is -0.396 e. The van der Waals surface area contributed by atoms with E-state index < -0.39 is 0 Å². The summed E-state index contributed by atoms with van der Waals surface area (Å²) in [6.07, 6.45) is 9.45. The van der Waals surface area contributed by atoms with Gasteiger partial charge in [0.1, 0.15) is 0 Å². The highest BCUT2D eigenvalue weighted by atomic mass is 16.3. The lowest BCUT2D eigenvalue weighted by molar-refractivity contribution is 0.118. The van der Waals surface area contributed by atoms with Crippen LogP contribution in [0.5, 0.6) is 0 Å². The Morgan fingerprint density at radius 3 is 1.62 bits per heavy atom. The molecule has 0 spiro atoms. The summed E-state index contributed by atoms with van der Waals surface area (Å²) in [5, 5.41) is 9.49. The summed E-state index contributed by atoms with van der Waals surface area (Å²) >= 11 is 0. The van der Waals surface area contributed by atoms with Crippen LogP contribution >= 0.6 is 0 Å². The van der Waals surface area contributed by atoms with E-state index in [0.29, 0.717) is 5.41 Å². The van der Waals surface area contributed by atoms with Gasteiger partial charge in [0.25, 0.3) is 0 Å². The molecule has 0 aliphatic rings. The lowest BCUT2D eigenvalue weighted by atomic mass is 9.69. The summed E-state index contributed by atoms with van der Waals surface area (Å²) in [6.45, 7) is 20.8. The predicted octanol–water partition coefficient (Wildman–Crippen LogP) is 6.22. The Labute approximate surface area is 134 Å². The molecule has 1 nitrogen and oxygen atoms in total. The molecule has 126 valence electrons. The molecule has 0 aromatic rings. The number of allylic oxidation sites excluding steroid dienone is 2. The Hall–Kier alpha value is -0.300. The van der Waals surface area contributed by atoms with Gasteiger partial charge in [-0.2, -0.15) is 0 Å². The largest absolute Gasteiger partial charge is 0.396 e. The molecule has 0 fully saturated rings. The quantitative estimate of drug-likeness (QED) is 0.501. The minimum absolute atomic E-state index is 0.0147. The Bertz CT molecular complexity index is 336. The molecule has 0 bridgehead atoms. The van der Waals surface area contributed by atoms with Gasteiger partial charge < -0.3 is 5.11 Å². The molecule has 21 heavy (non-hydrogen) atoms. The Kier molecular flexibility index (Phi) is 7.20. The predicted molar refractivity (Wildman–Crippen MR) is 95.5 cm³/mol. The van der Waals surface area contributed by atoms with Gasteiger partial charge in [0, 0.05) is 6.61 Å². The van der Waals surface area contributed by atoms with Crippen molar-refractivity contribution in [3.63, 3.8) is 0 Å². The van der Waals surface area contributed by atoms with E-state index in [2.05, 4.69) is 74.5 Å². The van der Waals surface area contributed by atoms with Gasteiger partial charge in [-0.15, -0.1) is 0 Å². The van der Waals surface area contributed by atoms with Gasteiger partial charge in [0.05, 0.1) is 0 Å². The fourth-order valence-electron chi connectivity index (χ4n) is 3.30. The molecule has 1 heteroatoms. The SMILES string of the molecule is CCC(C)(C)CC(C)(C=CC(C)(C)CC(C)(C)CO)CC. The molecule has 0 aromatic heterocycles. The number of aliphatic hydroxyl groups excluding tert-OH is 1. The first kappa shape index (κ1) is 20.7. The number of hydrogen-bond donors (Lipinski definition) is 1. The molecule has 0 aliphatic heterocycles. The normalized spacial score (nSPS) is 17.2. The molecular weight excluding hydrogens is 256 g/mol. The van der Waals surface area contributed by atoms with Gasteiger partial charge in [-0.1, -0.05) is 80.9 Å². The first-order valence-corrected chi connectivity index (χ1v) is 8.62. The van der Waals surface area contributed by atoms with Crippen molar-refractivity contribution in [2.24, 2.45) is 21.7 Å². The maximum Gasteiger partial charge on any atom is 0.0482 e. The molecular formula is C20H40O. The standard InChI is InChI=1S/C20H40O/c1-10-17(3,4)15-20(9,11-2)13-12-18(5,6)14-19(7,8)16-21/h12-13,21H,10-11,14-16H2,1-9H3. The molecule has 0 radical (unpaired) electrons. The Morgan fingerprint density at radius 1 is 0.714 bits per heavy atom. The molecule has 0 rings (SSSR count). The van der Waals surface area contributed by atoms with Gasteiger partial charge in [-0.25, -0.2) is 0 Å². The Balaban J connectivity index is 5.02. The van der Waals surface area contributed by atoms with Crippen LogP contribution in [0.4, 0.5) is 0 Å². The van der Waals surface area contributed by atoms with Crippen LogP contribution in [0.3, 0.4) is 0 Å². The summed E-state index contributed by atoms with van der Waals surface area (Å²) in [4.78, 5) is 0. The lowest BCUT2D eigenvalue weighted by Gasteiger charge is -2.36. The number of rotatable bonds is 9. The van der Waals surface area contributed by atoms with Crippen molar-refractivity contribution in [3.05, 3.63) is 12.2 Å². The fraction of sp³-hybridized carbons (Fsp3) is 0.900. The van der Waals surface area contributed by atoms with Crippen molar-refractivity contribution in [1.29, 1.82) is 0 Å². The van der Waals surface area contributed by atoms with Gasteiger partial charge in [-0.05, 0) is 40.9 Å². The summed E-state index contributed by atoms with van der Waals surface area (Å²) in [6, 6.07) is 0. The average molecular weight is 297 g/mol. The van der Waals surface area contributed by atoms with Crippen LogP contribution in [0.2, 0.25) is 0 Å². The molecule has 0 saturated heterocycles. The maximum absolute atomic E-state index is 9.49. The van der Waals surface area contributed by atoms with E-state index >= 15 is 0 Å². The zero-order chi connectivity index (χ0) is 16.9. The van der Waals surface area contributed by atoms with Crippen LogP contribution < -0.4 is 0 Å². The smallest absolute Gasteiger partial charge is 0.0482 e. The second-order valence-corrected chi connectivity index (χ2v) is 9.52. The second-order valence-electron chi connectivity index (χ2n) is 9.52. The van der Waals surface area contributed by atoms with Crippen molar-refractivity contribution in [2.75, 3.05) is 6.61 Å².